The summed E-state index contributed by atoms with van der Waals surface area (Å²) in [6.45, 7) is 10.0. The van der Waals surface area contributed by atoms with E-state index in [1.807, 2.05) is 32.9 Å². The van der Waals surface area contributed by atoms with Gasteiger partial charge in [-0.2, -0.15) is 5.26 Å². The van der Waals surface area contributed by atoms with Gasteiger partial charge in [0, 0.05) is 43.2 Å². The molecule has 348 valence electrons. The van der Waals surface area contributed by atoms with Gasteiger partial charge in [-0.3, -0.25) is 9.59 Å². The number of unbranched alkanes of at least 4 members (excludes halogenated alkanes) is 2. The number of fused-ring (bicyclic) bond motifs is 2. The normalized spacial score (nSPS) is 22.6. The van der Waals surface area contributed by atoms with E-state index in [1.54, 1.807) is 59.5 Å². The number of carbonyl (C=O) groups excluding carboxylic acids is 2. The maximum atomic E-state index is 15.1. The Morgan fingerprint density at radius 2 is 1.71 bits per heavy atom. The second-order valence-corrected chi connectivity index (χ2v) is 17.6. The van der Waals surface area contributed by atoms with Gasteiger partial charge in [0.1, 0.15) is 34.6 Å². The number of aliphatic hydroxyl groups is 3. The van der Waals surface area contributed by atoms with Gasteiger partial charge < -0.3 is 48.7 Å². The number of allylic oxidation sites excluding steroid dienone is 1. The third kappa shape index (κ3) is 11.3. The molecule has 6 atom stereocenters. The lowest BCUT2D eigenvalue weighted by Crippen LogP contribution is -2.70. The SMILES string of the molecule is C=CCO[C@@]12Oc3ccc(Oc4ccc(OC)c(C=O)c4)cc3[C@H]3[C@H](CCCCO)[C@@H](CCCCO)C=C(C(=NOC(C)(C)C)C[C@@H]1N(CCOCCO)C(=O)c1ccc(C#N)cc1)[C@H]32. The first-order chi connectivity index (χ1) is 31.4. The standard InChI is InChI=1S/C51H63N3O11/c1-6-25-62-51-46(54(21-26-61-27-24-57)49(59)35-15-13-34(32-52)14-16-35)31-43(53-65-50(2,3)4)41-29-36(11-7-9-22-55)40(12-8-10-23-56)47(48(41)51)42-30-39(18-20-45(42)64-51)63-38-17-19-44(60-5)37(28-38)33-58/h6,13-20,28-30,33,36,40,46-48,55-57H,1,7-12,21-27,31H2,2-5H3/t36-,40+,46-,47+,48+,51+/m0/s1. The Bertz CT molecular complexity index is 2210. The largest absolute Gasteiger partial charge is 0.496 e. The van der Waals surface area contributed by atoms with Crippen molar-refractivity contribution >= 4 is 17.9 Å². The van der Waals surface area contributed by atoms with E-state index in [0.717, 1.165) is 43.1 Å². The van der Waals surface area contributed by atoms with E-state index in [1.165, 1.54) is 7.11 Å². The van der Waals surface area contributed by atoms with Crippen molar-refractivity contribution in [3.63, 3.8) is 0 Å². The minimum Gasteiger partial charge on any atom is -0.496 e. The highest BCUT2D eigenvalue weighted by molar-refractivity contribution is 6.03. The average Bonchev–Trinajstić information content (AvgIpc) is 3.31. The molecule has 65 heavy (non-hydrogen) atoms. The number of ether oxygens (including phenoxy) is 5. The van der Waals surface area contributed by atoms with Crippen LogP contribution in [0.25, 0.3) is 0 Å². The summed E-state index contributed by atoms with van der Waals surface area (Å²) in [4.78, 5) is 35.0. The molecule has 6 rings (SSSR count). The van der Waals surface area contributed by atoms with E-state index in [9.17, 15) is 25.4 Å². The van der Waals surface area contributed by atoms with E-state index in [4.69, 9.17) is 33.7 Å². The molecule has 1 saturated carbocycles. The molecule has 2 aliphatic carbocycles. The molecule has 1 amide bonds. The van der Waals surface area contributed by atoms with Crippen LogP contribution in [0.3, 0.4) is 0 Å². The fourth-order valence-electron chi connectivity index (χ4n) is 9.49. The second kappa shape index (κ2) is 22.6. The molecule has 14 nitrogen and oxygen atoms in total. The molecule has 1 fully saturated rings. The number of rotatable bonds is 23. The van der Waals surface area contributed by atoms with Crippen LogP contribution in [-0.2, 0) is 14.3 Å². The van der Waals surface area contributed by atoms with Crippen LogP contribution < -0.4 is 14.2 Å². The van der Waals surface area contributed by atoms with Gasteiger partial charge in [-0.1, -0.05) is 30.1 Å². The lowest BCUT2D eigenvalue weighted by atomic mass is 9.55. The maximum absolute atomic E-state index is 15.1. The number of oxime groups is 1. The summed E-state index contributed by atoms with van der Waals surface area (Å²) in [6.07, 6.45) is 9.06. The first-order valence-electron chi connectivity index (χ1n) is 22.5. The number of aliphatic hydroxyl groups excluding tert-OH is 3. The van der Waals surface area contributed by atoms with Crippen LogP contribution in [0.5, 0.6) is 23.0 Å². The second-order valence-electron chi connectivity index (χ2n) is 17.6. The zero-order valence-electron chi connectivity index (χ0n) is 37.9. The van der Waals surface area contributed by atoms with Gasteiger partial charge in [0.2, 0.25) is 5.79 Å². The number of nitrogens with zero attached hydrogens (tertiary/aromatic N) is 3. The highest BCUT2D eigenvalue weighted by atomic mass is 16.7. The van der Waals surface area contributed by atoms with Crippen LogP contribution in [0.2, 0.25) is 0 Å². The van der Waals surface area contributed by atoms with Crippen molar-refractivity contribution in [2.45, 2.75) is 89.1 Å². The van der Waals surface area contributed by atoms with E-state index < -0.39 is 23.3 Å². The predicted molar refractivity (Wildman–Crippen MR) is 244 cm³/mol. The Kier molecular flexibility index (Phi) is 17.0. The number of aldehydes is 1. The van der Waals surface area contributed by atoms with Gasteiger partial charge in [0.25, 0.3) is 5.91 Å². The number of methoxy groups -OCH3 is 1. The van der Waals surface area contributed by atoms with Crippen LogP contribution in [0.15, 0.2) is 90.1 Å². The summed E-state index contributed by atoms with van der Waals surface area (Å²) in [5, 5.41) is 44.1. The molecule has 3 aliphatic rings. The number of carbonyl (C=O) groups is 2. The van der Waals surface area contributed by atoms with Crippen LogP contribution in [0.1, 0.15) is 103 Å². The van der Waals surface area contributed by atoms with Crippen LogP contribution in [0, 0.1) is 29.1 Å². The van der Waals surface area contributed by atoms with Gasteiger partial charge in [-0.15, -0.1) is 6.58 Å². The molecular weight excluding hydrogens is 831 g/mol. The zero-order valence-corrected chi connectivity index (χ0v) is 37.9. The lowest BCUT2D eigenvalue weighted by Gasteiger charge is -2.60. The molecular formula is C51H63N3O11. The molecule has 3 aromatic carbocycles. The molecule has 0 saturated heterocycles. The van der Waals surface area contributed by atoms with Gasteiger partial charge in [0.15, 0.2) is 6.29 Å². The topological polar surface area (TPSA) is 190 Å². The quantitative estimate of drug-likeness (QED) is 0.0364. The highest BCUT2D eigenvalue weighted by Crippen LogP contribution is 2.62. The monoisotopic (exact) mass is 893 g/mol. The summed E-state index contributed by atoms with van der Waals surface area (Å²) >= 11 is 0. The van der Waals surface area contributed by atoms with E-state index in [0.29, 0.717) is 58.2 Å². The molecule has 0 aromatic heterocycles. The van der Waals surface area contributed by atoms with Crippen molar-refractivity contribution in [2.24, 2.45) is 22.9 Å². The van der Waals surface area contributed by atoms with Crippen LogP contribution in [-0.4, -0.2) is 109 Å². The smallest absolute Gasteiger partial charge is 0.254 e. The summed E-state index contributed by atoms with van der Waals surface area (Å²) in [5.41, 5.74) is 2.78. The fraction of sp³-hybridized carbons (Fsp3) is 0.490. The molecule has 1 aliphatic heterocycles. The first kappa shape index (κ1) is 48.9. The summed E-state index contributed by atoms with van der Waals surface area (Å²) in [5.74, 6) is -0.944. The fourth-order valence-corrected chi connectivity index (χ4v) is 9.49. The van der Waals surface area contributed by atoms with Crippen LogP contribution >= 0.6 is 0 Å². The van der Waals surface area contributed by atoms with Gasteiger partial charge in [-0.25, -0.2) is 0 Å². The molecule has 3 N–H and O–H groups in total. The van der Waals surface area contributed by atoms with Gasteiger partial charge in [0.05, 0.1) is 62.4 Å². The van der Waals surface area contributed by atoms with Gasteiger partial charge >= 0.3 is 0 Å². The average molecular weight is 894 g/mol. The summed E-state index contributed by atoms with van der Waals surface area (Å²) in [6, 6.07) is 18.4. The van der Waals surface area contributed by atoms with Crippen molar-refractivity contribution in [3.05, 3.63) is 107 Å². The Morgan fingerprint density at radius 1 is 0.985 bits per heavy atom. The third-order valence-corrected chi connectivity index (χ3v) is 12.2. The molecule has 0 radical (unpaired) electrons. The zero-order chi connectivity index (χ0) is 46.6. The minimum atomic E-state index is -1.54. The Hall–Kier alpha value is -5.56. The van der Waals surface area contributed by atoms with E-state index >= 15 is 4.79 Å². The molecule has 0 unspecified atom stereocenters. The van der Waals surface area contributed by atoms with Crippen molar-refractivity contribution in [1.29, 1.82) is 5.26 Å². The van der Waals surface area contributed by atoms with Crippen molar-refractivity contribution in [1.82, 2.24) is 4.90 Å². The molecule has 3 aromatic rings. The molecule has 14 heteroatoms. The number of benzene rings is 3. The Balaban J connectivity index is 1.62. The molecule has 0 spiro atoms. The first-order valence-corrected chi connectivity index (χ1v) is 22.5. The van der Waals surface area contributed by atoms with Gasteiger partial charge in [-0.05, 0) is 125 Å². The van der Waals surface area contributed by atoms with E-state index in [-0.39, 0.29) is 76.3 Å². The minimum absolute atomic E-state index is 0.000474. The van der Waals surface area contributed by atoms with E-state index in [2.05, 4.69) is 18.7 Å². The third-order valence-electron chi connectivity index (χ3n) is 12.2. The molecule has 0 bridgehead atoms. The number of hydrogen-bond donors (Lipinski definition) is 3. The highest BCUT2D eigenvalue weighted by Gasteiger charge is 2.65. The number of hydrogen-bond acceptors (Lipinski definition) is 13. The Morgan fingerprint density at radius 3 is 2.37 bits per heavy atom. The van der Waals surface area contributed by atoms with Crippen molar-refractivity contribution < 1.29 is 53.4 Å². The van der Waals surface area contributed by atoms with Crippen LogP contribution in [0.4, 0.5) is 0 Å². The lowest BCUT2D eigenvalue weighted by molar-refractivity contribution is -0.254. The summed E-state index contributed by atoms with van der Waals surface area (Å²) in [7, 11) is 1.50. The van der Waals surface area contributed by atoms with Crippen molar-refractivity contribution in [3.8, 4) is 29.1 Å². The molecule has 1 heterocycles. The Labute approximate surface area is 382 Å². The van der Waals surface area contributed by atoms with Crippen molar-refractivity contribution in [2.75, 3.05) is 53.3 Å². The maximum Gasteiger partial charge on any atom is 0.254 e. The number of nitriles is 1. The number of amides is 1. The predicted octanol–water partition coefficient (Wildman–Crippen LogP) is 7.76. The summed E-state index contributed by atoms with van der Waals surface area (Å²) < 4.78 is 32.1.